The van der Waals surface area contributed by atoms with E-state index in [1.165, 1.54) is 57.8 Å². The summed E-state index contributed by atoms with van der Waals surface area (Å²) in [6.45, 7) is 6.84. The van der Waals surface area contributed by atoms with Gasteiger partial charge in [-0.2, -0.15) is 0 Å². The molecule has 0 radical (unpaired) electrons. The van der Waals surface area contributed by atoms with Crippen molar-refractivity contribution in [3.8, 4) is 0 Å². The minimum Gasteiger partial charge on any atom is -0.306 e. The van der Waals surface area contributed by atoms with Crippen molar-refractivity contribution >= 4 is 8.60 Å². The Morgan fingerprint density at radius 3 is 0.920 bits per heavy atom. The first-order chi connectivity index (χ1) is 11.9. The fourth-order valence-corrected chi connectivity index (χ4v) is 6.51. The second-order valence-corrected chi connectivity index (χ2v) is 10.5. The maximum absolute atomic E-state index is 6.64. The Balaban J connectivity index is 1.68. The monoisotopic (exact) mass is 370 g/mol. The van der Waals surface area contributed by atoms with Crippen LogP contribution in [-0.2, 0) is 13.6 Å². The van der Waals surface area contributed by atoms with Gasteiger partial charge < -0.3 is 13.6 Å². The van der Waals surface area contributed by atoms with Gasteiger partial charge in [-0.15, -0.1) is 0 Å². The molecule has 0 spiro atoms. The van der Waals surface area contributed by atoms with E-state index in [1.807, 2.05) is 0 Å². The fourth-order valence-electron chi connectivity index (χ4n) is 4.77. The molecule has 3 saturated carbocycles. The largest absolute Gasteiger partial charge is 0.334 e. The van der Waals surface area contributed by atoms with E-state index in [4.69, 9.17) is 13.6 Å². The van der Waals surface area contributed by atoms with E-state index >= 15 is 0 Å². The van der Waals surface area contributed by atoms with E-state index in [9.17, 15) is 0 Å². The SMILES string of the molecule is CC1(OP(OC2(C)CCCCC2)OC2(C)CCCCC2)CCCCC1. The number of hydrogen-bond donors (Lipinski definition) is 0. The van der Waals surface area contributed by atoms with Crippen molar-refractivity contribution in [2.24, 2.45) is 0 Å². The molecule has 3 rings (SSSR count). The average Bonchev–Trinajstić information content (AvgIpc) is 2.55. The van der Waals surface area contributed by atoms with Gasteiger partial charge in [0, 0.05) is 0 Å². The van der Waals surface area contributed by atoms with Crippen LogP contribution in [0, 0.1) is 0 Å². The molecule has 0 aromatic heterocycles. The Morgan fingerprint density at radius 2 is 0.680 bits per heavy atom. The minimum atomic E-state index is -1.28. The highest BCUT2D eigenvalue weighted by Crippen LogP contribution is 2.56. The fraction of sp³-hybridized carbons (Fsp3) is 1.00. The third-order valence-corrected chi connectivity index (χ3v) is 8.39. The van der Waals surface area contributed by atoms with Gasteiger partial charge in [0.05, 0.1) is 16.8 Å². The molecule has 0 amide bonds. The predicted octanol–water partition coefficient (Wildman–Crippen LogP) is 7.43. The highest BCUT2D eigenvalue weighted by molar-refractivity contribution is 7.41. The summed E-state index contributed by atoms with van der Waals surface area (Å²) in [6.07, 6.45) is 18.5. The van der Waals surface area contributed by atoms with E-state index in [0.717, 1.165) is 38.5 Å². The van der Waals surface area contributed by atoms with Gasteiger partial charge in [0.25, 0.3) is 0 Å². The van der Waals surface area contributed by atoms with E-state index in [-0.39, 0.29) is 16.8 Å². The average molecular weight is 371 g/mol. The zero-order chi connectivity index (χ0) is 17.8. The van der Waals surface area contributed by atoms with E-state index in [2.05, 4.69) is 20.8 Å². The molecule has 0 aliphatic heterocycles. The third kappa shape index (κ3) is 5.89. The van der Waals surface area contributed by atoms with Gasteiger partial charge in [0.1, 0.15) is 0 Å². The lowest BCUT2D eigenvalue weighted by atomic mass is 9.87. The van der Waals surface area contributed by atoms with Crippen LogP contribution in [0.5, 0.6) is 0 Å². The molecule has 0 aromatic carbocycles. The first-order valence-electron chi connectivity index (χ1n) is 10.8. The summed E-state index contributed by atoms with van der Waals surface area (Å²) in [5, 5.41) is 0. The maximum Gasteiger partial charge on any atom is 0.334 e. The van der Waals surface area contributed by atoms with Crippen LogP contribution < -0.4 is 0 Å². The molecule has 3 nitrogen and oxygen atoms in total. The van der Waals surface area contributed by atoms with Crippen molar-refractivity contribution in [1.29, 1.82) is 0 Å². The smallest absolute Gasteiger partial charge is 0.306 e. The first kappa shape index (κ1) is 20.1. The normalized spacial score (nSPS) is 28.8. The highest BCUT2D eigenvalue weighted by Gasteiger charge is 2.41. The molecule has 25 heavy (non-hydrogen) atoms. The number of hydrogen-bond acceptors (Lipinski definition) is 3. The molecule has 0 N–H and O–H groups in total. The molecule has 0 unspecified atom stereocenters. The molecular formula is C21H39O3P. The van der Waals surface area contributed by atoms with Gasteiger partial charge >= 0.3 is 8.60 Å². The maximum atomic E-state index is 6.64. The van der Waals surface area contributed by atoms with E-state index in [0.29, 0.717) is 0 Å². The zero-order valence-electron chi connectivity index (χ0n) is 16.8. The number of rotatable bonds is 6. The summed E-state index contributed by atoms with van der Waals surface area (Å²) in [7, 11) is -1.28. The second kappa shape index (κ2) is 8.55. The Labute approximate surface area is 156 Å². The van der Waals surface area contributed by atoms with Gasteiger partial charge in [-0.1, -0.05) is 57.8 Å². The van der Waals surface area contributed by atoms with Crippen molar-refractivity contribution in [1.82, 2.24) is 0 Å². The van der Waals surface area contributed by atoms with Crippen LogP contribution in [0.15, 0.2) is 0 Å². The molecule has 4 heteroatoms. The van der Waals surface area contributed by atoms with Crippen molar-refractivity contribution in [3.63, 3.8) is 0 Å². The molecule has 0 aromatic rings. The molecule has 146 valence electrons. The van der Waals surface area contributed by atoms with Crippen molar-refractivity contribution in [3.05, 3.63) is 0 Å². The van der Waals surface area contributed by atoms with E-state index in [1.54, 1.807) is 0 Å². The van der Waals surface area contributed by atoms with Crippen molar-refractivity contribution in [2.45, 2.75) is 134 Å². The summed E-state index contributed by atoms with van der Waals surface area (Å²) in [4.78, 5) is 0. The molecule has 3 aliphatic rings. The Morgan fingerprint density at radius 1 is 0.440 bits per heavy atom. The molecule has 0 atom stereocenters. The lowest BCUT2D eigenvalue weighted by Crippen LogP contribution is -2.37. The predicted molar refractivity (Wildman–Crippen MR) is 105 cm³/mol. The van der Waals surface area contributed by atoms with Gasteiger partial charge in [-0.25, -0.2) is 0 Å². The van der Waals surface area contributed by atoms with Gasteiger partial charge in [-0.05, 0) is 59.3 Å². The van der Waals surface area contributed by atoms with Crippen molar-refractivity contribution in [2.75, 3.05) is 0 Å². The lowest BCUT2D eigenvalue weighted by Gasteiger charge is -2.43. The summed E-state index contributed by atoms with van der Waals surface area (Å²) < 4.78 is 19.9. The van der Waals surface area contributed by atoms with Gasteiger partial charge in [0.15, 0.2) is 0 Å². The summed E-state index contributed by atoms with van der Waals surface area (Å²) >= 11 is 0. The highest BCUT2D eigenvalue weighted by atomic mass is 31.2. The quantitative estimate of drug-likeness (QED) is 0.455. The Bertz CT molecular complexity index is 346. The van der Waals surface area contributed by atoms with Crippen LogP contribution in [0.3, 0.4) is 0 Å². The van der Waals surface area contributed by atoms with Gasteiger partial charge in [0.2, 0.25) is 0 Å². The first-order valence-corrected chi connectivity index (χ1v) is 11.9. The molecule has 3 fully saturated rings. The zero-order valence-corrected chi connectivity index (χ0v) is 17.7. The van der Waals surface area contributed by atoms with Crippen LogP contribution in [-0.4, -0.2) is 16.8 Å². The topological polar surface area (TPSA) is 27.7 Å². The molecule has 0 bridgehead atoms. The Hall–Kier alpha value is 0.310. The second-order valence-electron chi connectivity index (χ2n) is 9.53. The van der Waals surface area contributed by atoms with E-state index < -0.39 is 8.60 Å². The Kier molecular flexibility index (Phi) is 6.86. The van der Waals surface area contributed by atoms with Crippen LogP contribution in [0.1, 0.15) is 117 Å². The summed E-state index contributed by atoms with van der Waals surface area (Å²) in [5.74, 6) is 0. The van der Waals surface area contributed by atoms with Crippen molar-refractivity contribution < 1.29 is 13.6 Å². The summed E-state index contributed by atoms with van der Waals surface area (Å²) in [5.41, 5.74) is -0.167. The molecule has 0 saturated heterocycles. The third-order valence-electron chi connectivity index (χ3n) is 6.62. The molecular weight excluding hydrogens is 331 g/mol. The van der Waals surface area contributed by atoms with Gasteiger partial charge in [-0.3, -0.25) is 0 Å². The van der Waals surface area contributed by atoms with Crippen LogP contribution in [0.4, 0.5) is 0 Å². The van der Waals surface area contributed by atoms with Crippen LogP contribution >= 0.6 is 8.60 Å². The molecule has 0 heterocycles. The lowest BCUT2D eigenvalue weighted by molar-refractivity contribution is -0.0568. The molecule has 3 aliphatic carbocycles. The summed E-state index contributed by atoms with van der Waals surface area (Å²) in [6, 6.07) is 0. The standard InChI is InChI=1S/C21H39O3P/c1-19(13-7-4-8-14-19)22-25(23-20(2)15-9-5-10-16-20)24-21(3)17-11-6-12-18-21/h4-18H2,1-3H3. The van der Waals surface area contributed by atoms with Crippen LogP contribution in [0.2, 0.25) is 0 Å². The van der Waals surface area contributed by atoms with Crippen LogP contribution in [0.25, 0.3) is 0 Å². The minimum absolute atomic E-state index is 0.0555.